The van der Waals surface area contributed by atoms with Gasteiger partial charge in [-0.1, -0.05) is 12.1 Å². The summed E-state index contributed by atoms with van der Waals surface area (Å²) in [7, 11) is 0. The zero-order chi connectivity index (χ0) is 26.6. The predicted octanol–water partition coefficient (Wildman–Crippen LogP) is 3.24. The zero-order valence-electron chi connectivity index (χ0n) is 22.1. The van der Waals surface area contributed by atoms with Gasteiger partial charge in [0, 0.05) is 50.0 Å². The van der Waals surface area contributed by atoms with Crippen LogP contribution in [0.15, 0.2) is 35.5 Å². The van der Waals surface area contributed by atoms with Crippen LogP contribution in [0.5, 0.6) is 0 Å². The van der Waals surface area contributed by atoms with Crippen molar-refractivity contribution in [3.63, 3.8) is 0 Å². The van der Waals surface area contributed by atoms with Crippen LogP contribution in [-0.2, 0) is 9.53 Å². The molecule has 3 rings (SSSR count). The third kappa shape index (κ3) is 6.34. The smallest absolute Gasteiger partial charge is 0.338 e. The summed E-state index contributed by atoms with van der Waals surface area (Å²) in [5.41, 5.74) is 1.16. The van der Waals surface area contributed by atoms with E-state index in [2.05, 4.69) is 15.5 Å². The number of carbonyl (C=O) groups excluding carboxylic acids is 3. The fourth-order valence-corrected chi connectivity index (χ4v) is 4.65. The van der Waals surface area contributed by atoms with Crippen LogP contribution in [0.1, 0.15) is 53.1 Å². The molecular weight excluding hydrogens is 465 g/mol. The Morgan fingerprint density at radius 2 is 1.83 bits per heavy atom. The maximum atomic E-state index is 13.6. The second-order valence-electron chi connectivity index (χ2n) is 10.2. The van der Waals surface area contributed by atoms with Crippen molar-refractivity contribution < 1.29 is 23.5 Å². The van der Waals surface area contributed by atoms with Crippen molar-refractivity contribution in [2.45, 2.75) is 59.2 Å². The third-order valence-electron chi connectivity index (χ3n) is 6.28. The largest absolute Gasteiger partial charge is 0.463 e. The Labute approximate surface area is 212 Å². The van der Waals surface area contributed by atoms with E-state index in [-0.39, 0.29) is 30.2 Å². The molecule has 0 spiro atoms. The third-order valence-corrected chi connectivity index (χ3v) is 6.28. The quantitative estimate of drug-likeness (QED) is 0.582. The highest BCUT2D eigenvalue weighted by atomic mass is 19.1. The van der Waals surface area contributed by atoms with Crippen molar-refractivity contribution in [2.75, 3.05) is 39.3 Å². The molecule has 0 unspecified atom stereocenters. The highest BCUT2D eigenvalue weighted by Gasteiger charge is 2.39. The number of urea groups is 2. The van der Waals surface area contributed by atoms with E-state index >= 15 is 0 Å². The Morgan fingerprint density at radius 3 is 2.39 bits per heavy atom. The number of esters is 1. The van der Waals surface area contributed by atoms with Crippen LogP contribution >= 0.6 is 0 Å². The van der Waals surface area contributed by atoms with Crippen LogP contribution in [-0.4, -0.2) is 83.6 Å². The highest BCUT2D eigenvalue weighted by Crippen LogP contribution is 2.32. The summed E-state index contributed by atoms with van der Waals surface area (Å²) < 4.78 is 19.0. The summed E-state index contributed by atoms with van der Waals surface area (Å²) >= 11 is 0. The standard InChI is InChI=1S/C26H38FN5O4/c1-7-31-20(16-30-13-14-32(17(3)15-30)25(35)29-26(4,5)6)21(23(33)36-8-2)22(28-24(31)34)18-9-11-19(27)12-10-18/h9-12,17,22H,7-8,13-16H2,1-6H3,(H,28,34)(H,29,35)/t17-,22+/m0/s1. The summed E-state index contributed by atoms with van der Waals surface area (Å²) in [6, 6.07) is 4.48. The summed E-state index contributed by atoms with van der Waals surface area (Å²) in [5.74, 6) is -0.920. The molecule has 198 valence electrons. The Morgan fingerprint density at radius 1 is 1.17 bits per heavy atom. The second-order valence-corrected chi connectivity index (χ2v) is 10.2. The van der Waals surface area contributed by atoms with Gasteiger partial charge in [-0.15, -0.1) is 0 Å². The highest BCUT2D eigenvalue weighted by molar-refractivity contribution is 5.95. The molecule has 0 saturated carbocycles. The van der Waals surface area contributed by atoms with Crippen molar-refractivity contribution in [3.8, 4) is 0 Å². The van der Waals surface area contributed by atoms with Gasteiger partial charge in [-0.05, 0) is 59.2 Å². The van der Waals surface area contributed by atoms with Gasteiger partial charge in [0.05, 0.1) is 18.2 Å². The van der Waals surface area contributed by atoms with Crippen LogP contribution in [0.4, 0.5) is 14.0 Å². The first-order valence-electron chi connectivity index (χ1n) is 12.5. The fourth-order valence-electron chi connectivity index (χ4n) is 4.65. The lowest BCUT2D eigenvalue weighted by Crippen LogP contribution is -2.59. The zero-order valence-corrected chi connectivity index (χ0v) is 22.1. The van der Waals surface area contributed by atoms with Gasteiger partial charge in [0.1, 0.15) is 5.82 Å². The SMILES string of the molecule is CCOC(=O)C1=C(CN2CCN(C(=O)NC(C)(C)C)[C@@H](C)C2)N(CC)C(=O)N[C@@H]1c1ccc(F)cc1. The number of carbonyl (C=O) groups is 3. The van der Waals surface area contributed by atoms with Crippen LogP contribution in [0.3, 0.4) is 0 Å². The van der Waals surface area contributed by atoms with Crippen molar-refractivity contribution in [1.29, 1.82) is 0 Å². The van der Waals surface area contributed by atoms with E-state index in [9.17, 15) is 18.8 Å². The molecule has 36 heavy (non-hydrogen) atoms. The van der Waals surface area contributed by atoms with Gasteiger partial charge in [-0.2, -0.15) is 0 Å². The number of benzene rings is 1. The number of ether oxygens (including phenoxy) is 1. The summed E-state index contributed by atoms with van der Waals surface area (Å²) in [5, 5.41) is 5.90. The van der Waals surface area contributed by atoms with Gasteiger partial charge in [0.2, 0.25) is 0 Å². The Balaban J connectivity index is 1.92. The lowest BCUT2D eigenvalue weighted by molar-refractivity contribution is -0.139. The number of hydrogen-bond donors (Lipinski definition) is 2. The number of rotatable bonds is 6. The van der Waals surface area contributed by atoms with E-state index in [1.807, 2.05) is 39.5 Å². The molecule has 2 N–H and O–H groups in total. The Hall–Kier alpha value is -3.14. The van der Waals surface area contributed by atoms with Crippen LogP contribution in [0.2, 0.25) is 0 Å². The van der Waals surface area contributed by atoms with E-state index in [0.29, 0.717) is 49.6 Å². The first kappa shape index (κ1) is 27.4. The summed E-state index contributed by atoms with van der Waals surface area (Å²) in [4.78, 5) is 44.5. The van der Waals surface area contributed by atoms with Crippen molar-refractivity contribution in [3.05, 3.63) is 46.9 Å². The van der Waals surface area contributed by atoms with E-state index in [1.165, 1.54) is 12.1 Å². The monoisotopic (exact) mass is 503 g/mol. The maximum absolute atomic E-state index is 13.6. The molecule has 4 amide bonds. The number of amides is 4. The molecule has 1 fully saturated rings. The topological polar surface area (TPSA) is 94.2 Å². The second kappa shape index (κ2) is 11.3. The minimum atomic E-state index is -0.758. The molecule has 1 saturated heterocycles. The van der Waals surface area contributed by atoms with Crippen molar-refractivity contribution >= 4 is 18.0 Å². The van der Waals surface area contributed by atoms with Gasteiger partial charge in [0.15, 0.2) is 0 Å². The van der Waals surface area contributed by atoms with Gasteiger partial charge in [-0.25, -0.2) is 18.8 Å². The minimum absolute atomic E-state index is 0.0619. The van der Waals surface area contributed by atoms with Crippen molar-refractivity contribution in [2.24, 2.45) is 0 Å². The molecule has 2 aliphatic heterocycles. The summed E-state index contributed by atoms with van der Waals surface area (Å²) in [6.07, 6.45) is 0. The van der Waals surface area contributed by atoms with Crippen LogP contribution < -0.4 is 10.6 Å². The van der Waals surface area contributed by atoms with E-state index in [0.717, 1.165) is 0 Å². The normalized spacial score (nSPS) is 21.4. The summed E-state index contributed by atoms with van der Waals surface area (Å²) in [6.45, 7) is 14.0. The number of halogens is 1. The number of piperazine rings is 1. The lowest BCUT2D eigenvalue weighted by Gasteiger charge is -2.43. The van der Waals surface area contributed by atoms with Gasteiger partial charge < -0.3 is 20.3 Å². The first-order chi connectivity index (χ1) is 16.9. The van der Waals surface area contributed by atoms with Crippen LogP contribution in [0, 0.1) is 5.82 Å². The van der Waals surface area contributed by atoms with Gasteiger partial charge in [0.25, 0.3) is 0 Å². The maximum Gasteiger partial charge on any atom is 0.338 e. The van der Waals surface area contributed by atoms with E-state index < -0.39 is 17.8 Å². The molecular formula is C26H38FN5O4. The number of nitrogens with zero attached hydrogens (tertiary/aromatic N) is 3. The van der Waals surface area contributed by atoms with E-state index in [1.54, 1.807) is 24.0 Å². The lowest BCUT2D eigenvalue weighted by atomic mass is 9.94. The van der Waals surface area contributed by atoms with Gasteiger partial charge in [-0.3, -0.25) is 9.80 Å². The van der Waals surface area contributed by atoms with Crippen molar-refractivity contribution in [1.82, 2.24) is 25.3 Å². The molecule has 2 heterocycles. The molecule has 1 aromatic carbocycles. The number of hydrogen-bond acceptors (Lipinski definition) is 5. The molecule has 9 nitrogen and oxygen atoms in total. The minimum Gasteiger partial charge on any atom is -0.463 e. The average molecular weight is 504 g/mol. The predicted molar refractivity (Wildman–Crippen MR) is 135 cm³/mol. The molecule has 0 aliphatic carbocycles. The van der Waals surface area contributed by atoms with Gasteiger partial charge >= 0.3 is 18.0 Å². The molecule has 1 aromatic rings. The fraction of sp³-hybridized carbons (Fsp3) is 0.577. The first-order valence-corrected chi connectivity index (χ1v) is 12.5. The molecule has 2 aliphatic rings. The van der Waals surface area contributed by atoms with Crippen LogP contribution in [0.25, 0.3) is 0 Å². The molecule has 0 bridgehead atoms. The molecule has 2 atom stereocenters. The number of nitrogens with one attached hydrogen (secondary N) is 2. The Kier molecular flexibility index (Phi) is 8.60. The number of likely N-dealkylation sites (N-methyl/N-ethyl adjacent to an activating group) is 1. The molecule has 0 aromatic heterocycles. The molecule has 10 heteroatoms. The molecule has 0 radical (unpaired) electrons. The Bertz CT molecular complexity index is 1000. The van der Waals surface area contributed by atoms with E-state index in [4.69, 9.17) is 4.74 Å². The average Bonchev–Trinajstić information content (AvgIpc) is 2.78.